The Labute approximate surface area is 127 Å². The molecule has 0 spiro atoms. The van der Waals surface area contributed by atoms with Gasteiger partial charge in [0, 0.05) is 31.2 Å². The highest BCUT2D eigenvalue weighted by molar-refractivity contribution is 5.56. The average molecular weight is 280 g/mol. The summed E-state index contributed by atoms with van der Waals surface area (Å²) in [5, 5.41) is 3.29. The highest BCUT2D eigenvalue weighted by atomic mass is 15.2. The lowest BCUT2D eigenvalue weighted by atomic mass is 9.99. The first kappa shape index (κ1) is 14.2. The van der Waals surface area contributed by atoms with Gasteiger partial charge < -0.3 is 10.2 Å². The van der Waals surface area contributed by atoms with E-state index in [-0.39, 0.29) is 0 Å². The van der Waals surface area contributed by atoms with Crippen LogP contribution >= 0.6 is 0 Å². The average Bonchev–Trinajstić information content (AvgIpc) is 2.98. The van der Waals surface area contributed by atoms with Crippen LogP contribution in [0, 0.1) is 6.92 Å². The third kappa shape index (κ3) is 3.11. The van der Waals surface area contributed by atoms with E-state index in [1.54, 1.807) is 0 Å². The van der Waals surface area contributed by atoms with Crippen LogP contribution < -0.4 is 10.2 Å². The van der Waals surface area contributed by atoms with Crippen molar-refractivity contribution in [2.45, 2.75) is 25.8 Å². The van der Waals surface area contributed by atoms with Gasteiger partial charge in [0.1, 0.15) is 0 Å². The van der Waals surface area contributed by atoms with Gasteiger partial charge in [-0.15, -0.1) is 0 Å². The molecule has 1 aliphatic rings. The minimum Gasteiger partial charge on any atom is -0.371 e. The first-order valence-electron chi connectivity index (χ1n) is 7.82. The van der Waals surface area contributed by atoms with Gasteiger partial charge in [0.15, 0.2) is 0 Å². The molecule has 0 aromatic heterocycles. The number of benzene rings is 2. The van der Waals surface area contributed by atoms with Crippen LogP contribution in [0.15, 0.2) is 48.5 Å². The van der Waals surface area contributed by atoms with Gasteiger partial charge in [-0.3, -0.25) is 0 Å². The van der Waals surface area contributed by atoms with Gasteiger partial charge in [0.05, 0.1) is 0 Å². The Hall–Kier alpha value is -1.80. The van der Waals surface area contributed by atoms with Crippen LogP contribution in [0.4, 0.5) is 5.69 Å². The zero-order valence-corrected chi connectivity index (χ0v) is 13.0. The molecule has 1 N–H and O–H groups in total. The monoisotopic (exact) mass is 280 g/mol. The van der Waals surface area contributed by atoms with E-state index in [0.717, 1.165) is 19.6 Å². The molecule has 1 aliphatic heterocycles. The smallest absolute Gasteiger partial charge is 0.0412 e. The standard InChI is InChI=1S/C19H24N2/c1-15-8-9-19(18(12-15)13-20-2)21-11-10-17(14-21)16-6-4-3-5-7-16/h3-9,12,17,20H,10-11,13-14H2,1-2H3. The van der Waals surface area contributed by atoms with Gasteiger partial charge >= 0.3 is 0 Å². The first-order chi connectivity index (χ1) is 10.3. The van der Waals surface area contributed by atoms with Crippen molar-refractivity contribution in [1.29, 1.82) is 0 Å². The predicted octanol–water partition coefficient (Wildman–Crippen LogP) is 3.71. The normalized spacial score (nSPS) is 18.2. The van der Waals surface area contributed by atoms with Gasteiger partial charge in [-0.25, -0.2) is 0 Å². The van der Waals surface area contributed by atoms with E-state index in [9.17, 15) is 0 Å². The molecule has 1 fully saturated rings. The molecule has 2 nitrogen and oxygen atoms in total. The summed E-state index contributed by atoms with van der Waals surface area (Å²) in [5.74, 6) is 0.662. The Morgan fingerprint density at radius 1 is 1.14 bits per heavy atom. The lowest BCUT2D eigenvalue weighted by Crippen LogP contribution is -2.22. The third-order valence-corrected chi connectivity index (χ3v) is 4.40. The second-order valence-corrected chi connectivity index (χ2v) is 6.00. The Kier molecular flexibility index (Phi) is 4.26. The molecule has 0 saturated carbocycles. The summed E-state index contributed by atoms with van der Waals surface area (Å²) in [6.45, 7) is 5.38. The summed E-state index contributed by atoms with van der Waals surface area (Å²) in [6.07, 6.45) is 1.25. The number of aryl methyl sites for hydroxylation is 1. The summed E-state index contributed by atoms with van der Waals surface area (Å²) in [7, 11) is 2.02. The second-order valence-electron chi connectivity index (χ2n) is 6.00. The van der Waals surface area contributed by atoms with Crippen LogP contribution in [0.5, 0.6) is 0 Å². The molecule has 3 rings (SSSR count). The third-order valence-electron chi connectivity index (χ3n) is 4.40. The maximum absolute atomic E-state index is 3.29. The van der Waals surface area contributed by atoms with Crippen LogP contribution in [0.1, 0.15) is 29.0 Å². The van der Waals surface area contributed by atoms with E-state index < -0.39 is 0 Å². The molecule has 110 valence electrons. The quantitative estimate of drug-likeness (QED) is 0.918. The molecule has 2 heteroatoms. The van der Waals surface area contributed by atoms with Crippen molar-refractivity contribution >= 4 is 5.69 Å². The van der Waals surface area contributed by atoms with Gasteiger partial charge in [0.2, 0.25) is 0 Å². The molecule has 2 aromatic rings. The van der Waals surface area contributed by atoms with E-state index in [0.29, 0.717) is 5.92 Å². The van der Waals surface area contributed by atoms with Crippen LogP contribution in [0.2, 0.25) is 0 Å². The highest BCUT2D eigenvalue weighted by Gasteiger charge is 2.25. The zero-order chi connectivity index (χ0) is 14.7. The molecule has 1 atom stereocenters. The van der Waals surface area contributed by atoms with Gasteiger partial charge in [-0.05, 0) is 37.6 Å². The Morgan fingerprint density at radius 3 is 2.71 bits per heavy atom. The first-order valence-corrected chi connectivity index (χ1v) is 7.82. The van der Waals surface area contributed by atoms with Crippen molar-refractivity contribution in [2.24, 2.45) is 0 Å². The number of hydrogen-bond acceptors (Lipinski definition) is 2. The van der Waals surface area contributed by atoms with Crippen molar-refractivity contribution < 1.29 is 0 Å². The molecule has 2 aromatic carbocycles. The zero-order valence-electron chi connectivity index (χ0n) is 13.0. The fourth-order valence-corrected chi connectivity index (χ4v) is 3.33. The van der Waals surface area contributed by atoms with Crippen LogP contribution in [0.25, 0.3) is 0 Å². The molecular formula is C19H24N2. The van der Waals surface area contributed by atoms with E-state index >= 15 is 0 Å². The number of rotatable bonds is 4. The molecule has 0 amide bonds. The molecule has 0 radical (unpaired) electrons. The minimum absolute atomic E-state index is 0.662. The minimum atomic E-state index is 0.662. The lowest BCUT2D eigenvalue weighted by Gasteiger charge is -2.23. The summed E-state index contributed by atoms with van der Waals surface area (Å²) >= 11 is 0. The van der Waals surface area contributed by atoms with E-state index in [4.69, 9.17) is 0 Å². The molecule has 0 aliphatic carbocycles. The van der Waals surface area contributed by atoms with E-state index in [1.807, 2.05) is 7.05 Å². The molecule has 21 heavy (non-hydrogen) atoms. The van der Waals surface area contributed by atoms with Crippen molar-refractivity contribution in [2.75, 3.05) is 25.0 Å². The van der Waals surface area contributed by atoms with Crippen LogP contribution in [0.3, 0.4) is 0 Å². The van der Waals surface area contributed by atoms with Crippen LogP contribution in [-0.4, -0.2) is 20.1 Å². The van der Waals surface area contributed by atoms with Gasteiger partial charge in [-0.1, -0.05) is 48.0 Å². The van der Waals surface area contributed by atoms with E-state index in [1.165, 1.54) is 28.8 Å². The fraction of sp³-hybridized carbons (Fsp3) is 0.368. The SMILES string of the molecule is CNCc1cc(C)ccc1N1CCC(c2ccccc2)C1. The largest absolute Gasteiger partial charge is 0.371 e. The van der Waals surface area contributed by atoms with Crippen molar-refractivity contribution in [3.05, 3.63) is 65.2 Å². The number of nitrogens with one attached hydrogen (secondary N) is 1. The van der Waals surface area contributed by atoms with E-state index in [2.05, 4.69) is 65.7 Å². The molecule has 1 unspecified atom stereocenters. The summed E-state index contributed by atoms with van der Waals surface area (Å²) in [5.41, 5.74) is 5.62. The lowest BCUT2D eigenvalue weighted by molar-refractivity contribution is 0.773. The van der Waals surface area contributed by atoms with Gasteiger partial charge in [0.25, 0.3) is 0 Å². The second kappa shape index (κ2) is 6.31. The molecular weight excluding hydrogens is 256 g/mol. The molecule has 0 bridgehead atoms. The van der Waals surface area contributed by atoms with Crippen molar-refractivity contribution in [3.8, 4) is 0 Å². The number of hydrogen-bond donors (Lipinski definition) is 1. The number of anilines is 1. The maximum atomic E-state index is 3.29. The van der Waals surface area contributed by atoms with Crippen molar-refractivity contribution in [3.63, 3.8) is 0 Å². The molecule has 1 saturated heterocycles. The Balaban J connectivity index is 1.80. The Morgan fingerprint density at radius 2 is 1.95 bits per heavy atom. The number of nitrogens with zero attached hydrogens (tertiary/aromatic N) is 1. The highest BCUT2D eigenvalue weighted by Crippen LogP contribution is 2.32. The predicted molar refractivity (Wildman–Crippen MR) is 90.0 cm³/mol. The summed E-state index contributed by atoms with van der Waals surface area (Å²) in [6, 6.07) is 17.7. The maximum Gasteiger partial charge on any atom is 0.0412 e. The van der Waals surface area contributed by atoms with Crippen LogP contribution in [-0.2, 0) is 6.54 Å². The Bertz CT molecular complexity index is 592. The summed E-state index contributed by atoms with van der Waals surface area (Å²) < 4.78 is 0. The van der Waals surface area contributed by atoms with Crippen molar-refractivity contribution in [1.82, 2.24) is 5.32 Å². The molecule has 1 heterocycles. The van der Waals surface area contributed by atoms with Gasteiger partial charge in [-0.2, -0.15) is 0 Å². The topological polar surface area (TPSA) is 15.3 Å². The summed E-state index contributed by atoms with van der Waals surface area (Å²) in [4.78, 5) is 2.55. The fourth-order valence-electron chi connectivity index (χ4n) is 3.33.